The van der Waals surface area contributed by atoms with Crippen LogP contribution in [-0.4, -0.2) is 38.3 Å². The van der Waals surface area contributed by atoms with E-state index in [1.54, 1.807) is 24.0 Å². The Morgan fingerprint density at radius 1 is 1.25 bits per heavy atom. The minimum absolute atomic E-state index is 0.0896. The highest BCUT2D eigenvalue weighted by Crippen LogP contribution is 2.33. The number of carbonyl (C=O) groups excluding carboxylic acids is 1. The first kappa shape index (κ1) is 18.2. The molecule has 3 heterocycles. The Balaban J connectivity index is 1.45. The third kappa shape index (κ3) is 3.47. The summed E-state index contributed by atoms with van der Waals surface area (Å²) in [6.45, 7) is 6.21. The molecule has 0 fully saturated rings. The van der Waals surface area contributed by atoms with Gasteiger partial charge in [0.1, 0.15) is 17.5 Å². The fourth-order valence-corrected chi connectivity index (χ4v) is 3.51. The molecule has 144 valence electrons. The van der Waals surface area contributed by atoms with Crippen LogP contribution in [0.1, 0.15) is 33.1 Å². The number of carbonyl (C=O) groups is 1. The highest BCUT2D eigenvalue weighted by molar-refractivity contribution is 5.92. The lowest BCUT2D eigenvalue weighted by atomic mass is 10.0. The normalized spacial score (nSPS) is 15.2. The SMILES string of the molecule is Cc1cnc(C)c(-c2ccc3c(c2)CC(CNC(=O)c2cc(C)nn2C)O3)n1. The van der Waals surface area contributed by atoms with Crippen LogP contribution in [0.25, 0.3) is 11.3 Å². The predicted molar refractivity (Wildman–Crippen MR) is 105 cm³/mol. The maximum atomic E-state index is 12.4. The fourth-order valence-electron chi connectivity index (χ4n) is 3.51. The van der Waals surface area contributed by atoms with E-state index < -0.39 is 0 Å². The Kier molecular flexibility index (Phi) is 4.58. The summed E-state index contributed by atoms with van der Waals surface area (Å²) in [6.07, 6.45) is 2.43. The number of benzene rings is 1. The van der Waals surface area contributed by atoms with E-state index in [-0.39, 0.29) is 12.0 Å². The summed E-state index contributed by atoms with van der Waals surface area (Å²) < 4.78 is 7.59. The van der Waals surface area contributed by atoms with Gasteiger partial charge in [0.2, 0.25) is 0 Å². The maximum Gasteiger partial charge on any atom is 0.269 e. The monoisotopic (exact) mass is 377 g/mol. The van der Waals surface area contributed by atoms with Crippen LogP contribution in [0.2, 0.25) is 0 Å². The summed E-state index contributed by atoms with van der Waals surface area (Å²) >= 11 is 0. The van der Waals surface area contributed by atoms with Gasteiger partial charge in [-0.1, -0.05) is 0 Å². The lowest BCUT2D eigenvalue weighted by Gasteiger charge is -2.11. The van der Waals surface area contributed by atoms with Crippen LogP contribution in [0.4, 0.5) is 0 Å². The first-order chi connectivity index (χ1) is 13.4. The number of fused-ring (bicyclic) bond motifs is 1. The number of hydrogen-bond donors (Lipinski definition) is 1. The van der Waals surface area contributed by atoms with Crippen LogP contribution >= 0.6 is 0 Å². The second kappa shape index (κ2) is 7.07. The molecule has 1 amide bonds. The van der Waals surface area contributed by atoms with Crippen molar-refractivity contribution in [1.29, 1.82) is 0 Å². The van der Waals surface area contributed by atoms with Crippen molar-refractivity contribution in [2.75, 3.05) is 6.54 Å². The average molecular weight is 377 g/mol. The van der Waals surface area contributed by atoms with Crippen molar-refractivity contribution in [3.8, 4) is 17.0 Å². The fraction of sp³-hybridized carbons (Fsp3) is 0.333. The molecule has 0 aliphatic carbocycles. The predicted octanol–water partition coefficient (Wildman–Crippen LogP) is 2.54. The van der Waals surface area contributed by atoms with E-state index >= 15 is 0 Å². The molecule has 1 N–H and O–H groups in total. The van der Waals surface area contributed by atoms with E-state index in [4.69, 9.17) is 4.74 Å². The van der Waals surface area contributed by atoms with E-state index in [1.165, 1.54) is 0 Å². The third-order valence-corrected chi connectivity index (χ3v) is 4.88. The van der Waals surface area contributed by atoms with Gasteiger partial charge in [-0.25, -0.2) is 4.98 Å². The number of aromatic nitrogens is 4. The molecule has 7 nitrogen and oxygen atoms in total. The molecule has 3 aromatic rings. The first-order valence-corrected chi connectivity index (χ1v) is 9.30. The Bertz CT molecular complexity index is 1060. The van der Waals surface area contributed by atoms with Crippen LogP contribution in [-0.2, 0) is 13.5 Å². The second-order valence-electron chi connectivity index (χ2n) is 7.22. The zero-order valence-corrected chi connectivity index (χ0v) is 16.5. The van der Waals surface area contributed by atoms with Crippen molar-refractivity contribution in [2.24, 2.45) is 7.05 Å². The summed E-state index contributed by atoms with van der Waals surface area (Å²) in [4.78, 5) is 21.4. The molecule has 1 aliphatic rings. The van der Waals surface area contributed by atoms with Crippen molar-refractivity contribution in [1.82, 2.24) is 25.1 Å². The van der Waals surface area contributed by atoms with E-state index in [1.807, 2.05) is 32.9 Å². The largest absolute Gasteiger partial charge is 0.488 e. The summed E-state index contributed by atoms with van der Waals surface area (Å²) in [5.41, 5.74) is 6.21. The quantitative estimate of drug-likeness (QED) is 0.756. The van der Waals surface area contributed by atoms with E-state index in [0.717, 1.165) is 46.1 Å². The smallest absolute Gasteiger partial charge is 0.269 e. The zero-order valence-electron chi connectivity index (χ0n) is 16.5. The molecule has 0 radical (unpaired) electrons. The van der Waals surface area contributed by atoms with E-state index in [0.29, 0.717) is 12.2 Å². The molecule has 0 saturated carbocycles. The van der Waals surface area contributed by atoms with Gasteiger partial charge in [-0.05, 0) is 50.6 Å². The molecule has 4 rings (SSSR count). The molecular formula is C21H23N5O2. The Labute approximate surface area is 163 Å². The van der Waals surface area contributed by atoms with E-state index in [2.05, 4.69) is 26.4 Å². The van der Waals surface area contributed by atoms with Gasteiger partial charge in [0, 0.05) is 25.2 Å². The van der Waals surface area contributed by atoms with Gasteiger partial charge in [0.05, 0.1) is 29.3 Å². The minimum Gasteiger partial charge on any atom is -0.488 e. The topological polar surface area (TPSA) is 81.9 Å². The van der Waals surface area contributed by atoms with Crippen molar-refractivity contribution >= 4 is 5.91 Å². The Morgan fingerprint density at radius 2 is 2.07 bits per heavy atom. The maximum absolute atomic E-state index is 12.4. The zero-order chi connectivity index (χ0) is 19.8. The van der Waals surface area contributed by atoms with Gasteiger partial charge in [-0.3, -0.25) is 14.5 Å². The first-order valence-electron chi connectivity index (χ1n) is 9.30. The van der Waals surface area contributed by atoms with Gasteiger partial charge in [-0.2, -0.15) is 5.10 Å². The third-order valence-electron chi connectivity index (χ3n) is 4.88. The molecule has 1 unspecified atom stereocenters. The minimum atomic E-state index is -0.144. The van der Waals surface area contributed by atoms with Crippen LogP contribution in [0.5, 0.6) is 5.75 Å². The number of rotatable bonds is 4. The molecule has 7 heteroatoms. The van der Waals surface area contributed by atoms with Crippen LogP contribution in [0, 0.1) is 20.8 Å². The number of nitrogens with zero attached hydrogens (tertiary/aromatic N) is 4. The number of hydrogen-bond acceptors (Lipinski definition) is 5. The molecule has 0 saturated heterocycles. The number of aryl methyl sites for hydroxylation is 4. The highest BCUT2D eigenvalue weighted by Gasteiger charge is 2.25. The number of ether oxygens (including phenoxy) is 1. The Hall–Kier alpha value is -3.22. The molecule has 0 bridgehead atoms. The van der Waals surface area contributed by atoms with Crippen LogP contribution < -0.4 is 10.1 Å². The molecule has 2 aromatic heterocycles. The van der Waals surface area contributed by atoms with Crippen molar-refractivity contribution < 1.29 is 9.53 Å². The summed E-state index contributed by atoms with van der Waals surface area (Å²) in [6, 6.07) is 7.87. The van der Waals surface area contributed by atoms with Crippen molar-refractivity contribution in [3.63, 3.8) is 0 Å². The van der Waals surface area contributed by atoms with Crippen molar-refractivity contribution in [3.05, 3.63) is 58.8 Å². The van der Waals surface area contributed by atoms with Gasteiger partial charge in [-0.15, -0.1) is 0 Å². The number of amides is 1. The molecule has 0 spiro atoms. The standard InChI is InChI=1S/C21H23N5O2/c1-12-7-18(26(4)25-12)21(27)23-11-17-9-16-8-15(5-6-19(16)28-17)20-14(3)22-10-13(2)24-20/h5-8,10,17H,9,11H2,1-4H3,(H,23,27). The second-order valence-corrected chi connectivity index (χ2v) is 7.22. The molecule has 1 atom stereocenters. The van der Waals surface area contributed by atoms with Crippen LogP contribution in [0.3, 0.4) is 0 Å². The van der Waals surface area contributed by atoms with Gasteiger partial charge < -0.3 is 10.1 Å². The van der Waals surface area contributed by atoms with Crippen molar-refractivity contribution in [2.45, 2.75) is 33.3 Å². The number of nitrogens with one attached hydrogen (secondary N) is 1. The van der Waals surface area contributed by atoms with E-state index in [9.17, 15) is 4.79 Å². The average Bonchev–Trinajstić information content (AvgIpc) is 3.23. The lowest BCUT2D eigenvalue weighted by Crippen LogP contribution is -2.35. The molecule has 1 aromatic carbocycles. The molecule has 1 aliphatic heterocycles. The highest BCUT2D eigenvalue weighted by atomic mass is 16.5. The van der Waals surface area contributed by atoms with Gasteiger partial charge in [0.15, 0.2) is 0 Å². The summed E-state index contributed by atoms with van der Waals surface area (Å²) in [7, 11) is 1.77. The summed E-state index contributed by atoms with van der Waals surface area (Å²) in [5.74, 6) is 0.714. The van der Waals surface area contributed by atoms with Gasteiger partial charge >= 0.3 is 0 Å². The Morgan fingerprint density at radius 3 is 2.82 bits per heavy atom. The van der Waals surface area contributed by atoms with Gasteiger partial charge in [0.25, 0.3) is 5.91 Å². The lowest BCUT2D eigenvalue weighted by molar-refractivity contribution is 0.0924. The molecular weight excluding hydrogens is 354 g/mol. The summed E-state index contributed by atoms with van der Waals surface area (Å²) in [5, 5.41) is 7.16. The molecule has 28 heavy (non-hydrogen) atoms. The van der Waals surface area contributed by atoms with Crippen LogP contribution in [0.15, 0.2) is 30.5 Å².